The Morgan fingerprint density at radius 2 is 1.94 bits per heavy atom. The van der Waals surface area contributed by atoms with E-state index >= 15 is 0 Å². The molecule has 1 atom stereocenters. The maximum Gasteiger partial charge on any atom is 0.323 e. The van der Waals surface area contributed by atoms with Gasteiger partial charge in [0.25, 0.3) is 0 Å². The van der Waals surface area contributed by atoms with E-state index in [1.165, 1.54) is 0 Å². The van der Waals surface area contributed by atoms with Crippen molar-refractivity contribution in [1.82, 2.24) is 0 Å². The Hall–Kier alpha value is -1.35. The van der Waals surface area contributed by atoms with Crippen LogP contribution >= 0.6 is 0 Å². The first-order valence-electron chi connectivity index (χ1n) is 6.61. The lowest BCUT2D eigenvalue weighted by Gasteiger charge is -2.26. The Morgan fingerprint density at radius 3 is 2.56 bits per heavy atom. The molecule has 1 fully saturated rings. The molecule has 3 nitrogen and oxygen atoms in total. The number of hydrogen-bond acceptors (Lipinski definition) is 3. The third-order valence-electron chi connectivity index (χ3n) is 3.61. The van der Waals surface area contributed by atoms with Crippen LogP contribution in [0.25, 0.3) is 0 Å². The molecule has 18 heavy (non-hydrogen) atoms. The summed E-state index contributed by atoms with van der Waals surface area (Å²) >= 11 is 0. The van der Waals surface area contributed by atoms with Gasteiger partial charge in [-0.05, 0) is 44.6 Å². The first-order chi connectivity index (χ1) is 8.59. The van der Waals surface area contributed by atoms with E-state index in [0.29, 0.717) is 6.42 Å². The molecule has 1 aromatic carbocycles. The maximum atomic E-state index is 12.0. The van der Waals surface area contributed by atoms with Crippen molar-refractivity contribution in [3.63, 3.8) is 0 Å². The number of ether oxygens (including phenoxy) is 1. The summed E-state index contributed by atoms with van der Waals surface area (Å²) in [5, 5.41) is 0. The minimum Gasteiger partial charge on any atom is -0.458 e. The van der Waals surface area contributed by atoms with Gasteiger partial charge in [0.2, 0.25) is 0 Å². The van der Waals surface area contributed by atoms with Gasteiger partial charge in [-0.1, -0.05) is 30.3 Å². The molecule has 0 heterocycles. The van der Waals surface area contributed by atoms with Crippen LogP contribution in [0.4, 0.5) is 0 Å². The summed E-state index contributed by atoms with van der Waals surface area (Å²) in [6.45, 7) is 2.01. The van der Waals surface area contributed by atoms with Gasteiger partial charge in [0.05, 0.1) is 0 Å². The Balaban J connectivity index is 1.89. The van der Waals surface area contributed by atoms with Gasteiger partial charge in [-0.25, -0.2) is 0 Å². The highest BCUT2D eigenvalue weighted by Crippen LogP contribution is 2.32. The molecule has 0 aliphatic heterocycles. The Labute approximate surface area is 108 Å². The summed E-state index contributed by atoms with van der Waals surface area (Å²) in [6.07, 6.45) is 4.72. The minimum atomic E-state index is -0.565. The van der Waals surface area contributed by atoms with E-state index in [2.05, 4.69) is 0 Å². The van der Waals surface area contributed by atoms with Crippen LogP contribution in [0.5, 0.6) is 0 Å². The molecule has 1 aromatic rings. The van der Waals surface area contributed by atoms with Crippen molar-refractivity contribution in [2.75, 3.05) is 0 Å². The number of carbonyl (C=O) groups is 1. The van der Waals surface area contributed by atoms with Gasteiger partial charge in [0.15, 0.2) is 0 Å². The van der Waals surface area contributed by atoms with Crippen molar-refractivity contribution in [3.8, 4) is 0 Å². The zero-order chi connectivity index (χ0) is 13.0. The van der Waals surface area contributed by atoms with Crippen molar-refractivity contribution in [2.45, 2.75) is 50.7 Å². The lowest BCUT2D eigenvalue weighted by molar-refractivity contribution is -0.159. The zero-order valence-corrected chi connectivity index (χ0v) is 10.9. The number of carbonyl (C=O) groups excluding carboxylic acids is 1. The second kappa shape index (κ2) is 5.53. The molecule has 0 radical (unpaired) electrons. The summed E-state index contributed by atoms with van der Waals surface area (Å²) < 4.78 is 5.57. The van der Waals surface area contributed by atoms with Crippen LogP contribution in [0, 0.1) is 0 Å². The fourth-order valence-corrected chi connectivity index (χ4v) is 2.49. The quantitative estimate of drug-likeness (QED) is 0.831. The van der Waals surface area contributed by atoms with Gasteiger partial charge in [-0.15, -0.1) is 0 Å². The van der Waals surface area contributed by atoms with Gasteiger partial charge in [0, 0.05) is 0 Å². The van der Waals surface area contributed by atoms with Crippen LogP contribution < -0.4 is 5.73 Å². The van der Waals surface area contributed by atoms with Crippen molar-refractivity contribution in [3.05, 3.63) is 35.9 Å². The van der Waals surface area contributed by atoms with E-state index < -0.39 is 6.04 Å². The number of nitrogens with two attached hydrogens (primary N) is 1. The molecule has 1 saturated carbocycles. The highest BCUT2D eigenvalue weighted by Gasteiger charge is 2.33. The summed E-state index contributed by atoms with van der Waals surface area (Å²) in [4.78, 5) is 12.0. The van der Waals surface area contributed by atoms with E-state index in [0.717, 1.165) is 31.2 Å². The largest absolute Gasteiger partial charge is 0.458 e. The molecule has 0 spiro atoms. The number of rotatable bonds is 4. The fourth-order valence-electron chi connectivity index (χ4n) is 2.49. The molecule has 98 valence electrons. The molecule has 1 aliphatic rings. The Kier molecular flexibility index (Phi) is 4.02. The van der Waals surface area contributed by atoms with Crippen molar-refractivity contribution in [1.29, 1.82) is 0 Å². The van der Waals surface area contributed by atoms with Crippen molar-refractivity contribution < 1.29 is 9.53 Å². The number of esters is 1. The molecular weight excluding hydrogens is 226 g/mol. The maximum absolute atomic E-state index is 12.0. The average Bonchev–Trinajstić information content (AvgIpc) is 2.77. The minimum absolute atomic E-state index is 0.275. The lowest BCUT2D eigenvalue weighted by Crippen LogP contribution is -2.40. The second-order valence-corrected chi connectivity index (χ2v) is 5.37. The smallest absolute Gasteiger partial charge is 0.323 e. The fraction of sp³-hybridized carbons (Fsp3) is 0.533. The molecule has 2 rings (SSSR count). The van der Waals surface area contributed by atoms with Crippen LogP contribution in [-0.4, -0.2) is 17.6 Å². The molecule has 0 saturated heterocycles. The molecule has 3 heteroatoms. The monoisotopic (exact) mass is 247 g/mol. The van der Waals surface area contributed by atoms with E-state index in [1.807, 2.05) is 37.3 Å². The van der Waals surface area contributed by atoms with E-state index in [-0.39, 0.29) is 11.6 Å². The van der Waals surface area contributed by atoms with E-state index in [4.69, 9.17) is 10.5 Å². The summed E-state index contributed by atoms with van der Waals surface area (Å²) in [5.74, 6) is -0.275. The molecule has 0 aromatic heterocycles. The van der Waals surface area contributed by atoms with E-state index in [1.54, 1.807) is 0 Å². The Bertz CT molecular complexity index is 396. The van der Waals surface area contributed by atoms with Gasteiger partial charge < -0.3 is 10.5 Å². The first-order valence-corrected chi connectivity index (χ1v) is 6.61. The highest BCUT2D eigenvalue weighted by atomic mass is 16.6. The predicted octanol–water partition coefficient (Wildman–Crippen LogP) is 2.43. The van der Waals surface area contributed by atoms with Gasteiger partial charge in [-0.2, -0.15) is 0 Å². The van der Waals surface area contributed by atoms with Crippen molar-refractivity contribution >= 4 is 5.97 Å². The predicted molar refractivity (Wildman–Crippen MR) is 71.1 cm³/mol. The zero-order valence-electron chi connectivity index (χ0n) is 10.9. The van der Waals surface area contributed by atoms with Crippen LogP contribution in [0.2, 0.25) is 0 Å². The standard InChI is InChI=1S/C15H21NO2/c1-15(9-5-6-10-15)18-14(17)13(16)11-12-7-3-2-4-8-12/h2-4,7-8,13H,5-6,9-11,16H2,1H3/t13-/m0/s1. The normalized spacial score (nSPS) is 19.4. The van der Waals surface area contributed by atoms with Gasteiger partial charge in [0.1, 0.15) is 11.6 Å². The molecule has 0 unspecified atom stereocenters. The van der Waals surface area contributed by atoms with E-state index in [9.17, 15) is 4.79 Å². The molecule has 2 N–H and O–H groups in total. The number of hydrogen-bond donors (Lipinski definition) is 1. The third kappa shape index (κ3) is 3.33. The second-order valence-electron chi connectivity index (χ2n) is 5.37. The van der Waals surface area contributed by atoms with Crippen LogP contribution in [-0.2, 0) is 16.0 Å². The summed E-state index contributed by atoms with van der Waals surface area (Å²) in [6, 6.07) is 9.24. The lowest BCUT2D eigenvalue weighted by atomic mass is 10.0. The number of benzene rings is 1. The van der Waals surface area contributed by atoms with Crippen molar-refractivity contribution in [2.24, 2.45) is 5.73 Å². The average molecular weight is 247 g/mol. The SMILES string of the molecule is CC1(OC(=O)[C@@H](N)Cc2ccccc2)CCCC1. The third-order valence-corrected chi connectivity index (χ3v) is 3.61. The van der Waals surface area contributed by atoms with Crippen LogP contribution in [0.15, 0.2) is 30.3 Å². The van der Waals surface area contributed by atoms with Gasteiger partial charge in [-0.3, -0.25) is 4.79 Å². The van der Waals surface area contributed by atoms with Crippen LogP contribution in [0.1, 0.15) is 38.2 Å². The molecule has 0 bridgehead atoms. The summed E-state index contributed by atoms with van der Waals surface area (Å²) in [5.41, 5.74) is 6.69. The molecule has 1 aliphatic carbocycles. The molecular formula is C15H21NO2. The topological polar surface area (TPSA) is 52.3 Å². The first kappa shape index (κ1) is 13.1. The summed E-state index contributed by atoms with van der Waals surface area (Å²) in [7, 11) is 0. The Morgan fingerprint density at radius 1 is 1.33 bits per heavy atom. The van der Waals surface area contributed by atoms with Gasteiger partial charge >= 0.3 is 5.97 Å². The highest BCUT2D eigenvalue weighted by molar-refractivity contribution is 5.76. The molecule has 0 amide bonds. The van der Waals surface area contributed by atoms with Crippen LogP contribution in [0.3, 0.4) is 0 Å².